The first-order valence-corrected chi connectivity index (χ1v) is 8.74. The number of hydrogen-bond acceptors (Lipinski definition) is 3. The minimum Gasteiger partial charge on any atom is -0.489 e. The normalized spacial score (nSPS) is 11.7. The summed E-state index contributed by atoms with van der Waals surface area (Å²) in [5.74, 6) is 0.872. The number of aryl methyl sites for hydroxylation is 1. The average molecular weight is 334 g/mol. The van der Waals surface area contributed by atoms with Crippen LogP contribution in [-0.4, -0.2) is 11.5 Å². The summed E-state index contributed by atoms with van der Waals surface area (Å²) < 4.78 is 5.94. The molecule has 3 rings (SSSR count). The van der Waals surface area contributed by atoms with Crippen molar-refractivity contribution in [1.29, 1.82) is 0 Å². The topological polar surface area (TPSA) is 48.1 Å². The zero-order chi connectivity index (χ0) is 17.9. The number of rotatable bonds is 6. The van der Waals surface area contributed by atoms with Gasteiger partial charge in [0.1, 0.15) is 12.4 Å². The molecule has 0 radical (unpaired) electrons. The zero-order valence-electron chi connectivity index (χ0n) is 15.3. The maximum absolute atomic E-state index is 5.94. The molecule has 25 heavy (non-hydrogen) atoms. The third-order valence-electron chi connectivity index (χ3n) is 4.50. The van der Waals surface area contributed by atoms with Gasteiger partial charge in [0.15, 0.2) is 0 Å². The summed E-state index contributed by atoms with van der Waals surface area (Å²) in [7, 11) is 0. The molecule has 0 aliphatic carbocycles. The molecule has 0 atom stereocenters. The Kier molecular flexibility index (Phi) is 5.05. The van der Waals surface area contributed by atoms with Gasteiger partial charge in [-0.15, -0.1) is 0 Å². The van der Waals surface area contributed by atoms with Gasteiger partial charge in [-0.1, -0.05) is 44.2 Å². The molecule has 130 valence electrons. The van der Waals surface area contributed by atoms with Crippen molar-refractivity contribution in [3.05, 3.63) is 71.4 Å². The van der Waals surface area contributed by atoms with Crippen molar-refractivity contribution < 1.29 is 4.74 Å². The zero-order valence-corrected chi connectivity index (χ0v) is 15.3. The second-order valence-corrected chi connectivity index (χ2v) is 7.43. The molecule has 3 heteroatoms. The van der Waals surface area contributed by atoms with Gasteiger partial charge in [-0.2, -0.15) is 0 Å². The lowest BCUT2D eigenvalue weighted by Gasteiger charge is -2.22. The summed E-state index contributed by atoms with van der Waals surface area (Å²) in [6.07, 6.45) is 0.881. The lowest BCUT2D eigenvalue weighted by molar-refractivity contribution is 0.306. The van der Waals surface area contributed by atoms with E-state index in [1.807, 2.05) is 30.3 Å². The van der Waals surface area contributed by atoms with Crippen LogP contribution in [0.4, 0.5) is 0 Å². The molecule has 3 aromatic rings. The fourth-order valence-electron chi connectivity index (χ4n) is 2.93. The fraction of sp³-hybridized carbons (Fsp3) is 0.318. The van der Waals surface area contributed by atoms with Crippen molar-refractivity contribution in [3.63, 3.8) is 0 Å². The Morgan fingerprint density at radius 1 is 1.04 bits per heavy atom. The fourth-order valence-corrected chi connectivity index (χ4v) is 2.93. The number of nitrogens with two attached hydrogens (primary N) is 1. The number of hydrogen-bond donors (Lipinski definition) is 1. The monoisotopic (exact) mass is 334 g/mol. The average Bonchev–Trinajstić information content (AvgIpc) is 2.61. The van der Waals surface area contributed by atoms with Crippen LogP contribution in [0.2, 0.25) is 0 Å². The largest absolute Gasteiger partial charge is 0.489 e. The van der Waals surface area contributed by atoms with E-state index >= 15 is 0 Å². The van der Waals surface area contributed by atoms with Crippen LogP contribution in [-0.2, 0) is 13.0 Å². The minimum absolute atomic E-state index is 0.0614. The summed E-state index contributed by atoms with van der Waals surface area (Å²) in [5, 5.41) is 1.14. The molecule has 3 nitrogen and oxygen atoms in total. The Balaban J connectivity index is 1.82. The Labute approximate surface area is 149 Å². The van der Waals surface area contributed by atoms with E-state index < -0.39 is 0 Å². The predicted octanol–water partition coefficient (Wildman–Crippen LogP) is 4.65. The Bertz CT molecular complexity index is 857. The van der Waals surface area contributed by atoms with Crippen LogP contribution in [0.1, 0.15) is 30.7 Å². The van der Waals surface area contributed by atoms with Gasteiger partial charge >= 0.3 is 0 Å². The molecule has 1 heterocycles. The number of benzene rings is 2. The number of nitrogens with zero attached hydrogens (tertiary/aromatic N) is 1. The summed E-state index contributed by atoms with van der Waals surface area (Å²) in [4.78, 5) is 4.82. The SMILES string of the molecule is Cc1cc(CC(C)(C)CN)nc2ccc(OCc3ccccc3)cc12. The van der Waals surface area contributed by atoms with Crippen LogP contribution in [0.15, 0.2) is 54.6 Å². The maximum Gasteiger partial charge on any atom is 0.120 e. The van der Waals surface area contributed by atoms with Crippen LogP contribution in [0, 0.1) is 12.3 Å². The lowest BCUT2D eigenvalue weighted by atomic mass is 9.87. The lowest BCUT2D eigenvalue weighted by Crippen LogP contribution is -2.26. The molecule has 0 saturated carbocycles. The van der Waals surface area contributed by atoms with Gasteiger partial charge in [0.05, 0.1) is 5.52 Å². The molecule has 1 aromatic heterocycles. The van der Waals surface area contributed by atoms with E-state index in [0.717, 1.165) is 34.3 Å². The van der Waals surface area contributed by atoms with Gasteiger partial charge in [-0.25, -0.2) is 0 Å². The van der Waals surface area contributed by atoms with Crippen molar-refractivity contribution in [2.45, 2.75) is 33.8 Å². The molecule has 0 aliphatic heterocycles. The van der Waals surface area contributed by atoms with E-state index in [1.54, 1.807) is 0 Å². The minimum atomic E-state index is 0.0614. The molecular formula is C22H26N2O. The Morgan fingerprint density at radius 2 is 1.80 bits per heavy atom. The molecule has 0 aliphatic rings. The summed E-state index contributed by atoms with van der Waals surface area (Å²) in [6, 6.07) is 18.5. The van der Waals surface area contributed by atoms with Gasteiger partial charge < -0.3 is 10.5 Å². The highest BCUT2D eigenvalue weighted by atomic mass is 16.5. The highest BCUT2D eigenvalue weighted by Crippen LogP contribution is 2.26. The van der Waals surface area contributed by atoms with E-state index in [2.05, 4.69) is 45.0 Å². The highest BCUT2D eigenvalue weighted by Gasteiger charge is 2.18. The number of fused-ring (bicyclic) bond motifs is 1. The molecule has 0 saturated heterocycles. The summed E-state index contributed by atoms with van der Waals surface area (Å²) in [6.45, 7) is 7.70. The summed E-state index contributed by atoms with van der Waals surface area (Å²) in [5.41, 5.74) is 10.4. The first-order valence-electron chi connectivity index (χ1n) is 8.74. The van der Waals surface area contributed by atoms with E-state index in [4.69, 9.17) is 15.5 Å². The number of pyridine rings is 1. The highest BCUT2D eigenvalue weighted by molar-refractivity contribution is 5.83. The maximum atomic E-state index is 5.94. The van der Waals surface area contributed by atoms with Crippen molar-refractivity contribution in [2.75, 3.05) is 6.54 Å². The third-order valence-corrected chi connectivity index (χ3v) is 4.50. The van der Waals surface area contributed by atoms with E-state index in [1.165, 1.54) is 5.56 Å². The Hall–Kier alpha value is -2.39. The van der Waals surface area contributed by atoms with Gasteiger partial charge in [0, 0.05) is 11.1 Å². The number of aromatic nitrogens is 1. The van der Waals surface area contributed by atoms with E-state index in [-0.39, 0.29) is 5.41 Å². The van der Waals surface area contributed by atoms with Crippen molar-refractivity contribution in [1.82, 2.24) is 4.98 Å². The smallest absolute Gasteiger partial charge is 0.120 e. The molecule has 2 aromatic carbocycles. The van der Waals surface area contributed by atoms with Gasteiger partial charge in [0.25, 0.3) is 0 Å². The number of ether oxygens (including phenoxy) is 1. The van der Waals surface area contributed by atoms with E-state index in [9.17, 15) is 0 Å². The second-order valence-electron chi connectivity index (χ2n) is 7.43. The summed E-state index contributed by atoms with van der Waals surface area (Å²) >= 11 is 0. The van der Waals surface area contributed by atoms with Gasteiger partial charge in [-0.05, 0) is 60.7 Å². The third kappa shape index (κ3) is 4.37. The van der Waals surface area contributed by atoms with Crippen molar-refractivity contribution >= 4 is 10.9 Å². The van der Waals surface area contributed by atoms with E-state index in [0.29, 0.717) is 13.2 Å². The predicted molar refractivity (Wildman–Crippen MR) is 104 cm³/mol. The molecule has 0 unspecified atom stereocenters. The molecule has 0 amide bonds. The molecule has 0 spiro atoms. The standard InChI is InChI=1S/C22H26N2O/c1-16-11-18(13-22(2,3)15-23)24-21-10-9-19(12-20(16)21)25-14-17-7-5-4-6-8-17/h4-12H,13-15,23H2,1-3H3. The molecule has 0 bridgehead atoms. The van der Waals surface area contributed by atoms with Crippen molar-refractivity contribution in [2.24, 2.45) is 11.1 Å². The van der Waals surface area contributed by atoms with Crippen LogP contribution in [0.5, 0.6) is 5.75 Å². The molecule has 2 N–H and O–H groups in total. The van der Waals surface area contributed by atoms with Crippen molar-refractivity contribution in [3.8, 4) is 5.75 Å². The van der Waals surface area contributed by atoms with Gasteiger partial charge in [0.2, 0.25) is 0 Å². The van der Waals surface area contributed by atoms with Crippen LogP contribution < -0.4 is 10.5 Å². The Morgan fingerprint density at radius 3 is 2.52 bits per heavy atom. The quantitative estimate of drug-likeness (QED) is 0.714. The van der Waals surface area contributed by atoms with Crippen LogP contribution >= 0.6 is 0 Å². The first-order chi connectivity index (χ1) is 12.0. The van der Waals surface area contributed by atoms with Crippen LogP contribution in [0.3, 0.4) is 0 Å². The molecular weight excluding hydrogens is 308 g/mol. The van der Waals surface area contributed by atoms with Crippen LogP contribution in [0.25, 0.3) is 10.9 Å². The first kappa shape index (κ1) is 17.4. The van der Waals surface area contributed by atoms with Gasteiger partial charge in [-0.3, -0.25) is 4.98 Å². The molecule has 0 fully saturated rings. The second kappa shape index (κ2) is 7.24.